The van der Waals surface area contributed by atoms with E-state index in [0.717, 1.165) is 48.8 Å². The molecule has 3 nitrogen and oxygen atoms in total. The van der Waals surface area contributed by atoms with Crippen molar-refractivity contribution in [3.05, 3.63) is 35.0 Å². The fourth-order valence-corrected chi connectivity index (χ4v) is 3.01. The number of furan rings is 1. The second-order valence-electron chi connectivity index (χ2n) is 5.24. The molecule has 1 aliphatic carbocycles. The van der Waals surface area contributed by atoms with Gasteiger partial charge in [0.1, 0.15) is 5.58 Å². The highest BCUT2D eigenvalue weighted by molar-refractivity contribution is 6.30. The molecular weight excluding hydrogens is 262 g/mol. The Kier molecular flexibility index (Phi) is 3.78. The zero-order chi connectivity index (χ0) is 13.2. The van der Waals surface area contributed by atoms with E-state index in [4.69, 9.17) is 16.0 Å². The van der Waals surface area contributed by atoms with E-state index in [1.54, 1.807) is 0 Å². The van der Waals surface area contributed by atoms with Crippen molar-refractivity contribution in [2.24, 2.45) is 0 Å². The lowest BCUT2D eigenvalue weighted by atomic mass is 9.93. The molecule has 0 bridgehead atoms. The monoisotopic (exact) mass is 279 g/mol. The first-order chi connectivity index (χ1) is 9.24. The fourth-order valence-electron chi connectivity index (χ4n) is 2.76. The SMILES string of the molecule is OC1CCC(NCc2c(Cl)oc3ccccc23)CC1. The molecule has 3 rings (SSSR count). The topological polar surface area (TPSA) is 45.4 Å². The van der Waals surface area contributed by atoms with Crippen LogP contribution in [0.5, 0.6) is 0 Å². The van der Waals surface area contributed by atoms with Crippen LogP contribution in [-0.4, -0.2) is 17.3 Å². The van der Waals surface area contributed by atoms with Crippen LogP contribution in [-0.2, 0) is 6.54 Å². The highest BCUT2D eigenvalue weighted by Crippen LogP contribution is 2.30. The normalized spacial score (nSPS) is 23.9. The predicted octanol–water partition coefficient (Wildman–Crippen LogP) is 3.48. The van der Waals surface area contributed by atoms with Crippen LogP contribution >= 0.6 is 11.6 Å². The number of aliphatic hydroxyl groups excluding tert-OH is 1. The van der Waals surface area contributed by atoms with Gasteiger partial charge in [0.2, 0.25) is 0 Å². The van der Waals surface area contributed by atoms with E-state index < -0.39 is 0 Å². The average molecular weight is 280 g/mol. The number of nitrogens with one attached hydrogen (secondary N) is 1. The molecule has 0 amide bonds. The summed E-state index contributed by atoms with van der Waals surface area (Å²) in [6, 6.07) is 8.37. The molecule has 1 heterocycles. The van der Waals surface area contributed by atoms with Crippen molar-refractivity contribution in [2.45, 2.75) is 44.4 Å². The summed E-state index contributed by atoms with van der Waals surface area (Å²) < 4.78 is 5.54. The van der Waals surface area contributed by atoms with Crippen molar-refractivity contribution < 1.29 is 9.52 Å². The molecule has 0 atom stereocenters. The van der Waals surface area contributed by atoms with Gasteiger partial charge in [-0.05, 0) is 43.4 Å². The number of fused-ring (bicyclic) bond motifs is 1. The summed E-state index contributed by atoms with van der Waals surface area (Å²) in [5.41, 5.74) is 1.87. The van der Waals surface area contributed by atoms with Crippen molar-refractivity contribution in [3.63, 3.8) is 0 Å². The summed E-state index contributed by atoms with van der Waals surface area (Å²) in [7, 11) is 0. The molecule has 4 heteroatoms. The van der Waals surface area contributed by atoms with Gasteiger partial charge in [-0.2, -0.15) is 0 Å². The molecule has 2 N–H and O–H groups in total. The third kappa shape index (κ3) is 2.78. The first-order valence-corrected chi connectivity index (χ1v) is 7.19. The van der Waals surface area contributed by atoms with Gasteiger partial charge < -0.3 is 14.8 Å². The highest BCUT2D eigenvalue weighted by atomic mass is 35.5. The van der Waals surface area contributed by atoms with E-state index in [2.05, 4.69) is 5.32 Å². The maximum absolute atomic E-state index is 9.50. The van der Waals surface area contributed by atoms with Crippen LogP contribution in [0.15, 0.2) is 28.7 Å². The third-order valence-electron chi connectivity index (χ3n) is 3.91. The Bertz CT molecular complexity index is 558. The Balaban J connectivity index is 1.70. The second kappa shape index (κ2) is 5.53. The fraction of sp³-hybridized carbons (Fsp3) is 0.467. The van der Waals surface area contributed by atoms with Crippen molar-refractivity contribution in [1.29, 1.82) is 0 Å². The zero-order valence-electron chi connectivity index (χ0n) is 10.7. The maximum Gasteiger partial charge on any atom is 0.199 e. The summed E-state index contributed by atoms with van der Waals surface area (Å²) in [5, 5.41) is 14.6. The van der Waals surface area contributed by atoms with Gasteiger partial charge in [-0.15, -0.1) is 0 Å². The Morgan fingerprint density at radius 1 is 1.21 bits per heavy atom. The lowest BCUT2D eigenvalue weighted by molar-refractivity contribution is 0.116. The van der Waals surface area contributed by atoms with Crippen molar-refractivity contribution in [2.75, 3.05) is 0 Å². The van der Waals surface area contributed by atoms with Gasteiger partial charge in [-0.1, -0.05) is 18.2 Å². The molecule has 0 radical (unpaired) electrons. The summed E-state index contributed by atoms with van der Waals surface area (Å²) in [5.74, 6) is 0. The largest absolute Gasteiger partial charge is 0.444 e. The first kappa shape index (κ1) is 13.0. The Labute approximate surface area is 117 Å². The van der Waals surface area contributed by atoms with Crippen LogP contribution in [0.25, 0.3) is 11.0 Å². The van der Waals surface area contributed by atoms with Gasteiger partial charge in [0.05, 0.1) is 6.10 Å². The van der Waals surface area contributed by atoms with Crippen molar-refractivity contribution in [3.8, 4) is 0 Å². The number of rotatable bonds is 3. The van der Waals surface area contributed by atoms with E-state index in [9.17, 15) is 5.11 Å². The molecule has 1 aliphatic rings. The molecule has 1 aromatic heterocycles. The molecule has 0 saturated heterocycles. The minimum atomic E-state index is -0.114. The number of para-hydroxylation sites is 1. The number of halogens is 1. The molecule has 19 heavy (non-hydrogen) atoms. The lowest BCUT2D eigenvalue weighted by Crippen LogP contribution is -2.34. The minimum Gasteiger partial charge on any atom is -0.444 e. The smallest absolute Gasteiger partial charge is 0.199 e. The molecule has 1 saturated carbocycles. The molecule has 102 valence electrons. The van der Waals surface area contributed by atoms with Gasteiger partial charge in [0, 0.05) is 23.5 Å². The third-order valence-corrected chi connectivity index (χ3v) is 4.22. The minimum absolute atomic E-state index is 0.114. The van der Waals surface area contributed by atoms with Gasteiger partial charge in [-0.3, -0.25) is 0 Å². The van der Waals surface area contributed by atoms with E-state index >= 15 is 0 Å². The number of hydrogen-bond acceptors (Lipinski definition) is 3. The Morgan fingerprint density at radius 3 is 2.74 bits per heavy atom. The summed E-state index contributed by atoms with van der Waals surface area (Å²) in [4.78, 5) is 0. The number of aliphatic hydroxyl groups is 1. The van der Waals surface area contributed by atoms with Gasteiger partial charge in [0.25, 0.3) is 0 Å². The number of benzene rings is 1. The quantitative estimate of drug-likeness (QED) is 0.904. The van der Waals surface area contributed by atoms with Crippen molar-refractivity contribution >= 4 is 22.6 Å². The van der Waals surface area contributed by atoms with Crippen LogP contribution in [0.4, 0.5) is 0 Å². The number of hydrogen-bond donors (Lipinski definition) is 2. The molecule has 1 aromatic carbocycles. The van der Waals surface area contributed by atoms with Crippen molar-refractivity contribution in [1.82, 2.24) is 5.32 Å². The molecule has 0 unspecified atom stereocenters. The van der Waals surface area contributed by atoms with Gasteiger partial charge in [-0.25, -0.2) is 0 Å². The average Bonchev–Trinajstić information content (AvgIpc) is 2.74. The molecule has 1 fully saturated rings. The molecular formula is C15H18ClNO2. The van der Waals surface area contributed by atoms with Crippen LogP contribution in [0.2, 0.25) is 5.22 Å². The zero-order valence-corrected chi connectivity index (χ0v) is 11.5. The van der Waals surface area contributed by atoms with Crippen LogP contribution < -0.4 is 5.32 Å². The molecule has 0 spiro atoms. The Morgan fingerprint density at radius 2 is 1.95 bits per heavy atom. The summed E-state index contributed by atoms with van der Waals surface area (Å²) in [6.45, 7) is 0.719. The van der Waals surface area contributed by atoms with Crippen LogP contribution in [0.3, 0.4) is 0 Å². The molecule has 0 aliphatic heterocycles. The summed E-state index contributed by atoms with van der Waals surface area (Å²) in [6.07, 6.45) is 3.70. The van der Waals surface area contributed by atoms with Gasteiger partial charge in [0.15, 0.2) is 5.22 Å². The lowest BCUT2D eigenvalue weighted by Gasteiger charge is -2.26. The standard InChI is InChI=1S/C15H18ClNO2/c16-15-13(12-3-1-2-4-14(12)19-15)9-17-10-5-7-11(18)8-6-10/h1-4,10-11,17-18H,5-9H2. The van der Waals surface area contributed by atoms with E-state index in [0.29, 0.717) is 11.3 Å². The Hall–Kier alpha value is -1.03. The maximum atomic E-state index is 9.50. The van der Waals surface area contributed by atoms with E-state index in [1.165, 1.54) is 0 Å². The van der Waals surface area contributed by atoms with Crippen LogP contribution in [0.1, 0.15) is 31.2 Å². The highest BCUT2D eigenvalue weighted by Gasteiger charge is 2.20. The van der Waals surface area contributed by atoms with Crippen LogP contribution in [0, 0.1) is 0 Å². The molecule has 2 aromatic rings. The second-order valence-corrected chi connectivity index (χ2v) is 5.58. The first-order valence-electron chi connectivity index (χ1n) is 6.81. The van der Waals surface area contributed by atoms with E-state index in [1.807, 2.05) is 24.3 Å². The van der Waals surface area contributed by atoms with Gasteiger partial charge >= 0.3 is 0 Å². The summed E-state index contributed by atoms with van der Waals surface area (Å²) >= 11 is 6.16. The predicted molar refractivity (Wildman–Crippen MR) is 76.3 cm³/mol. The van der Waals surface area contributed by atoms with E-state index in [-0.39, 0.29) is 6.10 Å².